The standard InChI is InChI=1S/C24H22N2O6S/c1-31-22-9-4-3-8-21(22)26-33(29,30)20-13-10-17(11-14-20)12-15-23(27)25-19-7-5-6-18(16-19)24(28)32-2/h3-16,26H,1-2H3,(H,25,27)/b15-12+. The fourth-order valence-corrected chi connectivity index (χ4v) is 3.96. The summed E-state index contributed by atoms with van der Waals surface area (Å²) in [6.45, 7) is 0. The number of benzene rings is 3. The molecule has 3 rings (SSSR count). The number of carbonyl (C=O) groups is 2. The first-order valence-electron chi connectivity index (χ1n) is 9.76. The van der Waals surface area contributed by atoms with Crippen LogP contribution in [-0.2, 0) is 19.6 Å². The van der Waals surface area contributed by atoms with Gasteiger partial charge in [0.15, 0.2) is 0 Å². The molecular weight excluding hydrogens is 444 g/mol. The summed E-state index contributed by atoms with van der Waals surface area (Å²) >= 11 is 0. The molecule has 2 N–H and O–H groups in total. The molecule has 0 aliphatic carbocycles. The highest BCUT2D eigenvalue weighted by Gasteiger charge is 2.16. The van der Waals surface area contributed by atoms with Crippen molar-refractivity contribution >= 4 is 39.4 Å². The van der Waals surface area contributed by atoms with E-state index in [1.165, 1.54) is 38.5 Å². The Balaban J connectivity index is 1.66. The highest BCUT2D eigenvalue weighted by atomic mass is 32.2. The van der Waals surface area contributed by atoms with Gasteiger partial charge in [0.1, 0.15) is 5.75 Å². The highest BCUT2D eigenvalue weighted by Crippen LogP contribution is 2.26. The Morgan fingerprint density at radius 1 is 0.909 bits per heavy atom. The number of methoxy groups -OCH3 is 2. The molecule has 3 aromatic rings. The van der Waals surface area contributed by atoms with E-state index in [1.54, 1.807) is 60.7 Å². The summed E-state index contributed by atoms with van der Waals surface area (Å²) in [5, 5.41) is 2.65. The smallest absolute Gasteiger partial charge is 0.337 e. The zero-order valence-electron chi connectivity index (χ0n) is 17.9. The summed E-state index contributed by atoms with van der Waals surface area (Å²) in [5.74, 6) is -0.507. The van der Waals surface area contributed by atoms with E-state index in [9.17, 15) is 18.0 Å². The van der Waals surface area contributed by atoms with Crippen LogP contribution in [0.3, 0.4) is 0 Å². The number of hydrogen-bond donors (Lipinski definition) is 2. The summed E-state index contributed by atoms with van der Waals surface area (Å²) in [7, 11) is -1.08. The van der Waals surface area contributed by atoms with Gasteiger partial charge in [-0.05, 0) is 54.1 Å². The second-order valence-electron chi connectivity index (χ2n) is 6.77. The maximum atomic E-state index is 12.7. The molecule has 0 saturated heterocycles. The second-order valence-corrected chi connectivity index (χ2v) is 8.45. The third-order valence-corrected chi connectivity index (χ3v) is 5.90. The van der Waals surface area contributed by atoms with Crippen molar-refractivity contribution in [3.05, 3.63) is 90.0 Å². The number of carbonyl (C=O) groups excluding carboxylic acids is 2. The van der Waals surface area contributed by atoms with Crippen molar-refractivity contribution in [1.82, 2.24) is 0 Å². The Morgan fingerprint density at radius 2 is 1.64 bits per heavy atom. The van der Waals surface area contributed by atoms with E-state index in [-0.39, 0.29) is 4.90 Å². The minimum atomic E-state index is -3.82. The van der Waals surface area contributed by atoms with Gasteiger partial charge in [0, 0.05) is 11.8 Å². The van der Waals surface area contributed by atoms with Crippen molar-refractivity contribution < 1.29 is 27.5 Å². The first kappa shape index (κ1) is 23.6. The first-order chi connectivity index (χ1) is 15.8. The minimum absolute atomic E-state index is 0.0645. The molecular formula is C24H22N2O6S. The van der Waals surface area contributed by atoms with Crippen LogP contribution >= 0.6 is 0 Å². The molecule has 0 heterocycles. The zero-order chi connectivity index (χ0) is 23.8. The predicted molar refractivity (Wildman–Crippen MR) is 126 cm³/mol. The van der Waals surface area contributed by atoms with Crippen molar-refractivity contribution in [3.8, 4) is 5.75 Å². The van der Waals surface area contributed by atoms with Gasteiger partial charge in [0.2, 0.25) is 5.91 Å². The number of sulfonamides is 1. The molecule has 0 radical (unpaired) electrons. The third kappa shape index (κ3) is 6.20. The normalized spacial score (nSPS) is 11.1. The monoisotopic (exact) mass is 466 g/mol. The van der Waals surface area contributed by atoms with E-state index in [0.29, 0.717) is 28.3 Å². The van der Waals surface area contributed by atoms with Gasteiger partial charge < -0.3 is 14.8 Å². The van der Waals surface area contributed by atoms with E-state index < -0.39 is 21.9 Å². The van der Waals surface area contributed by atoms with Crippen molar-refractivity contribution in [2.75, 3.05) is 24.3 Å². The lowest BCUT2D eigenvalue weighted by atomic mass is 10.2. The quantitative estimate of drug-likeness (QED) is 0.384. The summed E-state index contributed by atoms with van der Waals surface area (Å²) in [5.41, 5.74) is 1.72. The van der Waals surface area contributed by atoms with Crippen LogP contribution in [-0.4, -0.2) is 34.5 Å². The Hall–Kier alpha value is -4.11. The maximum absolute atomic E-state index is 12.7. The summed E-state index contributed by atoms with van der Waals surface area (Å²) in [4.78, 5) is 23.9. The van der Waals surface area contributed by atoms with Gasteiger partial charge >= 0.3 is 5.97 Å². The lowest BCUT2D eigenvalue weighted by Crippen LogP contribution is -2.13. The number of ether oxygens (including phenoxy) is 2. The van der Waals surface area contributed by atoms with Crippen molar-refractivity contribution in [2.45, 2.75) is 4.90 Å². The Kier molecular flexibility index (Phi) is 7.47. The van der Waals surface area contributed by atoms with E-state index >= 15 is 0 Å². The Morgan fingerprint density at radius 3 is 2.33 bits per heavy atom. The summed E-state index contributed by atoms with van der Waals surface area (Å²) in [6.07, 6.45) is 2.85. The molecule has 3 aromatic carbocycles. The molecule has 9 heteroatoms. The summed E-state index contributed by atoms with van der Waals surface area (Å²) in [6, 6.07) is 19.1. The Bertz CT molecular complexity index is 1280. The predicted octanol–water partition coefficient (Wildman–Crippen LogP) is 3.93. The summed E-state index contributed by atoms with van der Waals surface area (Å²) < 4.78 is 37.7. The Labute approximate surface area is 191 Å². The molecule has 0 atom stereocenters. The van der Waals surface area contributed by atoms with Crippen LogP contribution in [0.1, 0.15) is 15.9 Å². The molecule has 0 saturated carbocycles. The van der Waals surface area contributed by atoms with E-state index in [1.807, 2.05) is 0 Å². The molecule has 8 nitrogen and oxygen atoms in total. The number of hydrogen-bond acceptors (Lipinski definition) is 6. The number of esters is 1. The number of nitrogens with one attached hydrogen (secondary N) is 2. The van der Waals surface area contributed by atoms with Crippen LogP contribution in [0.5, 0.6) is 5.75 Å². The largest absolute Gasteiger partial charge is 0.495 e. The SMILES string of the molecule is COC(=O)c1cccc(NC(=O)/C=C/c2ccc(S(=O)(=O)Nc3ccccc3OC)cc2)c1. The van der Waals surface area contributed by atoms with Gasteiger partial charge in [0.05, 0.1) is 30.4 Å². The average Bonchev–Trinajstić information content (AvgIpc) is 2.82. The van der Waals surface area contributed by atoms with Gasteiger partial charge in [0.25, 0.3) is 10.0 Å². The molecule has 0 aliphatic rings. The van der Waals surface area contributed by atoms with Crippen LogP contribution in [0.2, 0.25) is 0 Å². The number of amides is 1. The zero-order valence-corrected chi connectivity index (χ0v) is 18.8. The minimum Gasteiger partial charge on any atom is -0.495 e. The van der Waals surface area contributed by atoms with Crippen LogP contribution in [0.15, 0.2) is 83.8 Å². The van der Waals surface area contributed by atoms with Gasteiger partial charge in [-0.15, -0.1) is 0 Å². The molecule has 0 spiro atoms. The molecule has 1 amide bonds. The first-order valence-corrected chi connectivity index (χ1v) is 11.2. The molecule has 33 heavy (non-hydrogen) atoms. The number of para-hydroxylation sites is 2. The fourth-order valence-electron chi connectivity index (χ4n) is 2.89. The lowest BCUT2D eigenvalue weighted by molar-refractivity contribution is -0.111. The lowest BCUT2D eigenvalue weighted by Gasteiger charge is -2.11. The molecule has 0 aliphatic heterocycles. The molecule has 0 fully saturated rings. The second kappa shape index (κ2) is 10.5. The van der Waals surface area contributed by atoms with E-state index in [4.69, 9.17) is 4.74 Å². The average molecular weight is 467 g/mol. The third-order valence-electron chi connectivity index (χ3n) is 4.52. The van der Waals surface area contributed by atoms with E-state index in [2.05, 4.69) is 14.8 Å². The topological polar surface area (TPSA) is 111 Å². The molecule has 0 unspecified atom stereocenters. The molecule has 170 valence electrons. The number of rotatable bonds is 8. The van der Waals surface area contributed by atoms with Crippen molar-refractivity contribution in [1.29, 1.82) is 0 Å². The number of anilines is 2. The maximum Gasteiger partial charge on any atom is 0.337 e. The van der Waals surface area contributed by atoms with Gasteiger partial charge in [-0.3, -0.25) is 9.52 Å². The van der Waals surface area contributed by atoms with Crippen LogP contribution in [0.25, 0.3) is 6.08 Å². The van der Waals surface area contributed by atoms with Crippen LogP contribution < -0.4 is 14.8 Å². The van der Waals surface area contributed by atoms with Gasteiger partial charge in [-0.1, -0.05) is 30.3 Å². The van der Waals surface area contributed by atoms with Gasteiger partial charge in [-0.25, -0.2) is 13.2 Å². The fraction of sp³-hybridized carbons (Fsp3) is 0.0833. The van der Waals surface area contributed by atoms with Gasteiger partial charge in [-0.2, -0.15) is 0 Å². The van der Waals surface area contributed by atoms with Crippen molar-refractivity contribution in [3.63, 3.8) is 0 Å². The van der Waals surface area contributed by atoms with Crippen LogP contribution in [0, 0.1) is 0 Å². The van der Waals surface area contributed by atoms with Crippen LogP contribution in [0.4, 0.5) is 11.4 Å². The van der Waals surface area contributed by atoms with Crippen molar-refractivity contribution in [2.24, 2.45) is 0 Å². The highest BCUT2D eigenvalue weighted by molar-refractivity contribution is 7.92. The molecule has 0 bridgehead atoms. The molecule has 0 aromatic heterocycles. The van der Waals surface area contributed by atoms with E-state index in [0.717, 1.165) is 0 Å².